The third kappa shape index (κ3) is 4.68. The molecule has 114 valence electrons. The summed E-state index contributed by atoms with van der Waals surface area (Å²) in [5.41, 5.74) is 1.01. The Morgan fingerprint density at radius 2 is 2.10 bits per heavy atom. The summed E-state index contributed by atoms with van der Waals surface area (Å²) in [5.74, 6) is 0.752. The number of anilines is 1. The number of nitrogens with one attached hydrogen (secondary N) is 2. The van der Waals surface area contributed by atoms with Gasteiger partial charge in [0.1, 0.15) is 5.01 Å². The maximum atomic E-state index is 4.53. The van der Waals surface area contributed by atoms with Crippen molar-refractivity contribution >= 4 is 33.8 Å². The standard InChI is InChI=1S/C13H20N6S2/c1-9-5-15-11(21-9)7-17-12(14-2)16-6-10-8-20-13(18-10)19(3)4/h5,8H,6-7H2,1-4H3,(H2,14,16,17). The molecule has 0 radical (unpaired) electrons. The van der Waals surface area contributed by atoms with Crippen LogP contribution in [0.25, 0.3) is 0 Å². The number of thiazole rings is 2. The van der Waals surface area contributed by atoms with E-state index < -0.39 is 0 Å². The fraction of sp³-hybridized carbons (Fsp3) is 0.462. The van der Waals surface area contributed by atoms with E-state index in [1.54, 1.807) is 29.7 Å². The van der Waals surface area contributed by atoms with Crippen molar-refractivity contribution < 1.29 is 0 Å². The molecule has 0 fully saturated rings. The van der Waals surface area contributed by atoms with E-state index in [-0.39, 0.29) is 0 Å². The van der Waals surface area contributed by atoms with Crippen molar-refractivity contribution in [1.29, 1.82) is 0 Å². The van der Waals surface area contributed by atoms with Gasteiger partial charge in [0.25, 0.3) is 0 Å². The molecule has 0 aliphatic rings. The predicted molar refractivity (Wildman–Crippen MR) is 90.3 cm³/mol. The van der Waals surface area contributed by atoms with Crippen molar-refractivity contribution in [2.24, 2.45) is 4.99 Å². The lowest BCUT2D eigenvalue weighted by Gasteiger charge is -2.10. The van der Waals surface area contributed by atoms with Crippen LogP contribution in [0.4, 0.5) is 5.13 Å². The molecule has 0 aliphatic carbocycles. The van der Waals surface area contributed by atoms with Crippen LogP contribution in [-0.4, -0.2) is 37.1 Å². The number of nitrogens with zero attached hydrogens (tertiary/aromatic N) is 4. The van der Waals surface area contributed by atoms with E-state index in [1.807, 2.05) is 25.2 Å². The average molecular weight is 324 g/mol. The summed E-state index contributed by atoms with van der Waals surface area (Å²) < 4.78 is 0. The molecule has 2 aromatic heterocycles. The Labute approximate surface area is 133 Å². The maximum Gasteiger partial charge on any atom is 0.191 e. The average Bonchev–Trinajstić information content (AvgIpc) is 3.08. The minimum atomic E-state index is 0.654. The molecule has 0 unspecified atom stereocenters. The number of aryl methyl sites for hydroxylation is 1. The minimum Gasteiger partial charge on any atom is -0.354 e. The van der Waals surface area contributed by atoms with Crippen LogP contribution in [0.2, 0.25) is 0 Å². The smallest absolute Gasteiger partial charge is 0.191 e. The zero-order chi connectivity index (χ0) is 15.2. The minimum absolute atomic E-state index is 0.654. The molecule has 2 N–H and O–H groups in total. The molecule has 0 amide bonds. The molecule has 0 aromatic carbocycles. The molecule has 0 bridgehead atoms. The van der Waals surface area contributed by atoms with Crippen LogP contribution in [0, 0.1) is 6.92 Å². The zero-order valence-electron chi connectivity index (χ0n) is 12.7. The van der Waals surface area contributed by atoms with Crippen molar-refractivity contribution in [2.75, 3.05) is 26.0 Å². The SMILES string of the molecule is CN=C(NCc1csc(N(C)C)n1)NCc1ncc(C)s1. The highest BCUT2D eigenvalue weighted by molar-refractivity contribution is 7.13. The van der Waals surface area contributed by atoms with Crippen LogP contribution in [0.15, 0.2) is 16.6 Å². The number of guanidine groups is 1. The van der Waals surface area contributed by atoms with E-state index in [1.165, 1.54) is 4.88 Å². The van der Waals surface area contributed by atoms with Crippen LogP contribution >= 0.6 is 22.7 Å². The Bertz CT molecular complexity index is 601. The molecular weight excluding hydrogens is 304 g/mol. The first kappa shape index (κ1) is 15.7. The van der Waals surface area contributed by atoms with Crippen molar-refractivity contribution in [1.82, 2.24) is 20.6 Å². The summed E-state index contributed by atoms with van der Waals surface area (Å²) in [6.07, 6.45) is 1.88. The lowest BCUT2D eigenvalue weighted by molar-refractivity contribution is 0.794. The van der Waals surface area contributed by atoms with E-state index in [0.717, 1.165) is 21.8 Å². The largest absolute Gasteiger partial charge is 0.354 e. The molecule has 2 rings (SSSR count). The lowest BCUT2D eigenvalue weighted by Crippen LogP contribution is -2.36. The molecule has 0 saturated heterocycles. The van der Waals surface area contributed by atoms with Gasteiger partial charge in [0.2, 0.25) is 0 Å². The van der Waals surface area contributed by atoms with Gasteiger partial charge >= 0.3 is 0 Å². The van der Waals surface area contributed by atoms with Crippen molar-refractivity contribution in [3.05, 3.63) is 27.2 Å². The molecule has 0 saturated carbocycles. The quantitative estimate of drug-likeness (QED) is 0.649. The summed E-state index contributed by atoms with van der Waals surface area (Å²) in [6, 6.07) is 0. The predicted octanol–water partition coefficient (Wildman–Crippen LogP) is 1.84. The molecular formula is C13H20N6S2. The molecule has 0 spiro atoms. The van der Waals surface area contributed by atoms with Gasteiger partial charge in [-0.15, -0.1) is 22.7 Å². The summed E-state index contributed by atoms with van der Waals surface area (Å²) in [7, 11) is 5.74. The molecule has 21 heavy (non-hydrogen) atoms. The Morgan fingerprint density at radius 3 is 2.67 bits per heavy atom. The second kappa shape index (κ2) is 7.37. The van der Waals surface area contributed by atoms with E-state index in [0.29, 0.717) is 13.1 Å². The first-order valence-corrected chi connectivity index (χ1v) is 8.25. The van der Waals surface area contributed by atoms with E-state index in [4.69, 9.17) is 0 Å². The van der Waals surface area contributed by atoms with Crippen LogP contribution in [0.3, 0.4) is 0 Å². The summed E-state index contributed by atoms with van der Waals surface area (Å²) in [5, 5.41) is 10.6. The number of hydrogen-bond donors (Lipinski definition) is 2. The summed E-state index contributed by atoms with van der Waals surface area (Å²) in [4.78, 5) is 16.3. The molecule has 0 atom stereocenters. The number of aromatic nitrogens is 2. The molecule has 8 heteroatoms. The molecule has 2 heterocycles. The Hall–Kier alpha value is -1.67. The lowest BCUT2D eigenvalue weighted by atomic mass is 10.5. The fourth-order valence-corrected chi connectivity index (χ4v) is 3.11. The van der Waals surface area contributed by atoms with E-state index in [2.05, 4.69) is 37.9 Å². The highest BCUT2D eigenvalue weighted by Crippen LogP contribution is 2.17. The molecule has 2 aromatic rings. The Morgan fingerprint density at radius 1 is 1.33 bits per heavy atom. The monoisotopic (exact) mass is 324 g/mol. The third-order valence-electron chi connectivity index (χ3n) is 2.66. The van der Waals surface area contributed by atoms with Gasteiger partial charge in [-0.3, -0.25) is 4.99 Å². The zero-order valence-corrected chi connectivity index (χ0v) is 14.3. The normalized spacial score (nSPS) is 11.5. The second-order valence-corrected chi connectivity index (χ2v) is 6.82. The summed E-state index contributed by atoms with van der Waals surface area (Å²) >= 11 is 3.32. The number of hydrogen-bond acceptors (Lipinski definition) is 6. The van der Waals surface area contributed by atoms with E-state index in [9.17, 15) is 0 Å². The van der Waals surface area contributed by atoms with Gasteiger partial charge in [0.05, 0.1) is 18.8 Å². The van der Waals surface area contributed by atoms with Gasteiger partial charge in [-0.1, -0.05) is 0 Å². The Kier molecular flexibility index (Phi) is 5.51. The number of aliphatic imine (C=N–C) groups is 1. The topological polar surface area (TPSA) is 65.4 Å². The van der Waals surface area contributed by atoms with Gasteiger partial charge in [-0.25, -0.2) is 9.97 Å². The summed E-state index contributed by atoms with van der Waals surface area (Å²) in [6.45, 7) is 3.39. The van der Waals surface area contributed by atoms with Gasteiger partial charge in [-0.05, 0) is 6.92 Å². The van der Waals surface area contributed by atoms with Crippen LogP contribution in [-0.2, 0) is 13.1 Å². The maximum absolute atomic E-state index is 4.53. The van der Waals surface area contributed by atoms with Crippen LogP contribution in [0.5, 0.6) is 0 Å². The highest BCUT2D eigenvalue weighted by atomic mass is 32.1. The first-order chi connectivity index (χ1) is 10.1. The Balaban J connectivity index is 1.82. The highest BCUT2D eigenvalue weighted by Gasteiger charge is 2.05. The van der Waals surface area contributed by atoms with Crippen LogP contribution < -0.4 is 15.5 Å². The third-order valence-corrected chi connectivity index (χ3v) is 4.63. The van der Waals surface area contributed by atoms with Crippen molar-refractivity contribution in [3.8, 4) is 0 Å². The van der Waals surface area contributed by atoms with E-state index >= 15 is 0 Å². The van der Waals surface area contributed by atoms with Gasteiger partial charge in [0.15, 0.2) is 11.1 Å². The van der Waals surface area contributed by atoms with Crippen molar-refractivity contribution in [3.63, 3.8) is 0 Å². The van der Waals surface area contributed by atoms with Gasteiger partial charge < -0.3 is 15.5 Å². The molecule has 6 nitrogen and oxygen atoms in total. The second-order valence-electron chi connectivity index (χ2n) is 4.66. The molecule has 0 aliphatic heterocycles. The number of rotatable bonds is 5. The first-order valence-electron chi connectivity index (χ1n) is 6.56. The van der Waals surface area contributed by atoms with Crippen LogP contribution in [0.1, 0.15) is 15.6 Å². The van der Waals surface area contributed by atoms with Gasteiger partial charge in [0, 0.05) is 37.6 Å². The van der Waals surface area contributed by atoms with Crippen molar-refractivity contribution in [2.45, 2.75) is 20.0 Å². The fourth-order valence-electron chi connectivity index (χ4n) is 1.62. The van der Waals surface area contributed by atoms with Gasteiger partial charge in [-0.2, -0.15) is 0 Å².